The third-order valence-electron chi connectivity index (χ3n) is 6.47. The van der Waals surface area contributed by atoms with E-state index >= 15 is 0 Å². The molecule has 140 valence electrons. The van der Waals surface area contributed by atoms with Gasteiger partial charge in [0.1, 0.15) is 5.58 Å². The highest BCUT2D eigenvalue weighted by Crippen LogP contribution is 2.46. The van der Waals surface area contributed by atoms with Crippen LogP contribution in [0.5, 0.6) is 0 Å². The smallest absolute Gasteiger partial charge is 0.336 e. The highest BCUT2D eigenvalue weighted by Gasteiger charge is 2.47. The molecular formula is C21H27NO4. The lowest BCUT2D eigenvalue weighted by atomic mass is 9.91. The molecule has 1 aliphatic heterocycles. The molecular weight excluding hydrogens is 330 g/mol. The zero-order chi connectivity index (χ0) is 18.3. The number of aliphatic hydroxyl groups excluding tert-OH is 2. The van der Waals surface area contributed by atoms with E-state index in [-0.39, 0.29) is 30.7 Å². The summed E-state index contributed by atoms with van der Waals surface area (Å²) in [5, 5.41) is 20.4. The van der Waals surface area contributed by atoms with E-state index in [2.05, 4.69) is 17.9 Å². The first-order chi connectivity index (χ1) is 12.6. The summed E-state index contributed by atoms with van der Waals surface area (Å²) in [6.45, 7) is 5.06. The number of aryl methyl sites for hydroxylation is 1. The normalized spacial score (nSPS) is 28.7. The first-order valence-electron chi connectivity index (χ1n) is 9.62. The van der Waals surface area contributed by atoms with Crippen LogP contribution in [0.15, 0.2) is 33.5 Å². The van der Waals surface area contributed by atoms with Crippen molar-refractivity contribution in [1.82, 2.24) is 4.90 Å². The molecule has 0 bridgehead atoms. The Kier molecular flexibility index (Phi) is 4.86. The van der Waals surface area contributed by atoms with E-state index in [1.165, 1.54) is 5.56 Å². The van der Waals surface area contributed by atoms with Crippen molar-refractivity contribution < 1.29 is 14.6 Å². The number of fused-ring (bicyclic) bond motifs is 2. The number of aliphatic hydroxyl groups is 2. The summed E-state index contributed by atoms with van der Waals surface area (Å²) in [6.07, 6.45) is 1.87. The van der Waals surface area contributed by atoms with Crippen molar-refractivity contribution in [3.05, 3.63) is 45.8 Å². The summed E-state index contributed by atoms with van der Waals surface area (Å²) in [5.41, 5.74) is 2.57. The van der Waals surface area contributed by atoms with Gasteiger partial charge in [0.25, 0.3) is 0 Å². The monoisotopic (exact) mass is 357 g/mol. The van der Waals surface area contributed by atoms with Gasteiger partial charge in [-0.1, -0.05) is 13.0 Å². The van der Waals surface area contributed by atoms with Gasteiger partial charge in [-0.15, -0.1) is 0 Å². The van der Waals surface area contributed by atoms with Crippen LogP contribution in [0.2, 0.25) is 0 Å². The second kappa shape index (κ2) is 7.14. The molecule has 0 unspecified atom stereocenters. The van der Waals surface area contributed by atoms with Crippen LogP contribution < -0.4 is 5.63 Å². The van der Waals surface area contributed by atoms with Gasteiger partial charge in [-0.3, -0.25) is 4.90 Å². The van der Waals surface area contributed by atoms with Crippen molar-refractivity contribution in [2.75, 3.05) is 26.3 Å². The lowest BCUT2D eigenvalue weighted by Gasteiger charge is -2.21. The number of likely N-dealkylation sites (tertiary alicyclic amines) is 1. The van der Waals surface area contributed by atoms with Gasteiger partial charge in [-0.2, -0.15) is 0 Å². The lowest BCUT2D eigenvalue weighted by molar-refractivity contribution is 0.167. The second-order valence-electron chi connectivity index (χ2n) is 7.92. The molecule has 26 heavy (non-hydrogen) atoms. The molecule has 1 saturated heterocycles. The summed E-state index contributed by atoms with van der Waals surface area (Å²) in [4.78, 5) is 14.3. The van der Waals surface area contributed by atoms with Crippen molar-refractivity contribution in [2.24, 2.45) is 23.7 Å². The summed E-state index contributed by atoms with van der Waals surface area (Å²) < 4.78 is 5.37. The average molecular weight is 357 g/mol. The van der Waals surface area contributed by atoms with Gasteiger partial charge in [-0.25, -0.2) is 4.79 Å². The van der Waals surface area contributed by atoms with E-state index < -0.39 is 0 Å². The highest BCUT2D eigenvalue weighted by molar-refractivity contribution is 5.80. The molecule has 2 aromatic rings. The van der Waals surface area contributed by atoms with Gasteiger partial charge < -0.3 is 14.6 Å². The second-order valence-corrected chi connectivity index (χ2v) is 7.92. The summed E-state index contributed by atoms with van der Waals surface area (Å²) in [6, 6.07) is 7.63. The van der Waals surface area contributed by atoms with Crippen LogP contribution in [0.25, 0.3) is 11.0 Å². The van der Waals surface area contributed by atoms with Crippen molar-refractivity contribution >= 4 is 11.0 Å². The van der Waals surface area contributed by atoms with Crippen LogP contribution in [-0.4, -0.2) is 41.4 Å². The number of hydrogen-bond acceptors (Lipinski definition) is 5. The Balaban J connectivity index is 1.61. The molecule has 1 saturated carbocycles. The van der Waals surface area contributed by atoms with Crippen LogP contribution in [0, 0.1) is 23.7 Å². The van der Waals surface area contributed by atoms with Crippen molar-refractivity contribution in [2.45, 2.75) is 26.3 Å². The molecule has 2 N–H and O–H groups in total. The molecule has 2 fully saturated rings. The van der Waals surface area contributed by atoms with Gasteiger partial charge in [0.15, 0.2) is 0 Å². The van der Waals surface area contributed by atoms with Crippen LogP contribution >= 0.6 is 0 Å². The Hall–Kier alpha value is -1.69. The fourth-order valence-corrected chi connectivity index (χ4v) is 5.09. The molecule has 2 aliphatic rings. The van der Waals surface area contributed by atoms with E-state index in [9.17, 15) is 15.0 Å². The van der Waals surface area contributed by atoms with E-state index in [1.807, 2.05) is 12.1 Å². The molecule has 5 heteroatoms. The van der Waals surface area contributed by atoms with Gasteiger partial charge in [0.2, 0.25) is 0 Å². The van der Waals surface area contributed by atoms with E-state index in [0.29, 0.717) is 24.0 Å². The molecule has 0 spiro atoms. The Morgan fingerprint density at radius 3 is 2.42 bits per heavy atom. The fraction of sp³-hybridized carbons (Fsp3) is 0.571. The average Bonchev–Trinajstić information content (AvgIpc) is 3.19. The van der Waals surface area contributed by atoms with Gasteiger partial charge in [0, 0.05) is 44.3 Å². The number of nitrogens with zero attached hydrogens (tertiary/aromatic N) is 1. The van der Waals surface area contributed by atoms with Crippen molar-refractivity contribution in [1.29, 1.82) is 0 Å². The summed E-state index contributed by atoms with van der Waals surface area (Å²) in [5.74, 6) is 1.45. The predicted molar refractivity (Wildman–Crippen MR) is 99.9 cm³/mol. The largest absolute Gasteiger partial charge is 0.423 e. The van der Waals surface area contributed by atoms with Gasteiger partial charge in [-0.05, 0) is 59.8 Å². The van der Waals surface area contributed by atoms with Crippen LogP contribution in [0.3, 0.4) is 0 Å². The molecule has 2 heterocycles. The highest BCUT2D eigenvalue weighted by atomic mass is 16.4. The zero-order valence-electron chi connectivity index (χ0n) is 15.2. The van der Waals surface area contributed by atoms with E-state index in [0.717, 1.165) is 36.9 Å². The van der Waals surface area contributed by atoms with Crippen LogP contribution in [0.1, 0.15) is 24.5 Å². The molecule has 1 aromatic carbocycles. The molecule has 0 amide bonds. The first-order valence-corrected chi connectivity index (χ1v) is 9.62. The predicted octanol–water partition coefficient (Wildman–Crippen LogP) is 2.02. The maximum absolute atomic E-state index is 12.0. The minimum atomic E-state index is -0.308. The number of benzene rings is 1. The third kappa shape index (κ3) is 3.08. The minimum Gasteiger partial charge on any atom is -0.423 e. The minimum absolute atomic E-state index is 0.198. The maximum Gasteiger partial charge on any atom is 0.336 e. The molecule has 0 radical (unpaired) electrons. The van der Waals surface area contributed by atoms with E-state index in [4.69, 9.17) is 4.42 Å². The van der Waals surface area contributed by atoms with Crippen molar-refractivity contribution in [3.63, 3.8) is 0 Å². The SMILES string of the molecule is CCc1ccc2oc(=O)cc(CN3C[C@@H]4[C@H](CO)C[C@H](CO)[C@@H]4C3)c2c1. The molecule has 5 nitrogen and oxygen atoms in total. The van der Waals surface area contributed by atoms with Crippen LogP contribution in [0.4, 0.5) is 0 Å². The first kappa shape index (κ1) is 17.7. The Labute approximate surface area is 153 Å². The topological polar surface area (TPSA) is 73.9 Å². The fourth-order valence-electron chi connectivity index (χ4n) is 5.09. The quantitative estimate of drug-likeness (QED) is 0.801. The maximum atomic E-state index is 12.0. The standard InChI is InChI=1S/C21H27NO4/c1-2-13-3-4-20-17(5-13)14(7-21(25)26-20)8-22-9-18-15(11-23)6-16(12-24)19(18)10-22/h3-5,7,15-16,18-19,23-24H,2,6,8-12H2,1H3/t15-,16+,18+,19-. The molecule has 1 aliphatic carbocycles. The van der Waals surface area contributed by atoms with Crippen molar-refractivity contribution in [3.8, 4) is 0 Å². The van der Waals surface area contributed by atoms with Gasteiger partial charge >= 0.3 is 5.63 Å². The molecule has 4 rings (SSSR count). The lowest BCUT2D eigenvalue weighted by Crippen LogP contribution is -2.25. The molecule has 1 aromatic heterocycles. The molecule has 4 atom stereocenters. The van der Waals surface area contributed by atoms with Crippen LogP contribution in [-0.2, 0) is 13.0 Å². The third-order valence-corrected chi connectivity index (χ3v) is 6.47. The zero-order valence-corrected chi connectivity index (χ0v) is 15.2. The van der Waals surface area contributed by atoms with Gasteiger partial charge in [0.05, 0.1) is 0 Å². The number of rotatable bonds is 5. The Morgan fingerprint density at radius 2 is 1.81 bits per heavy atom. The Morgan fingerprint density at radius 1 is 1.12 bits per heavy atom. The number of hydrogen-bond donors (Lipinski definition) is 2. The van der Waals surface area contributed by atoms with E-state index in [1.54, 1.807) is 6.07 Å². The summed E-state index contributed by atoms with van der Waals surface area (Å²) in [7, 11) is 0. The Bertz CT molecular complexity index is 828. The summed E-state index contributed by atoms with van der Waals surface area (Å²) >= 11 is 0.